The van der Waals surface area contributed by atoms with Crippen molar-refractivity contribution in [2.24, 2.45) is 0 Å². The molecule has 146 valence electrons. The Hall–Kier alpha value is -3.32. The molecule has 2 aromatic heterocycles. The fraction of sp³-hybridized carbons (Fsp3) is 0.136. The Morgan fingerprint density at radius 2 is 1.79 bits per heavy atom. The van der Waals surface area contributed by atoms with Crippen LogP contribution in [-0.2, 0) is 0 Å². The van der Waals surface area contributed by atoms with Crippen molar-refractivity contribution in [3.63, 3.8) is 0 Å². The van der Waals surface area contributed by atoms with Crippen molar-refractivity contribution in [1.29, 1.82) is 0 Å². The van der Waals surface area contributed by atoms with Gasteiger partial charge in [-0.15, -0.1) is 0 Å². The molecule has 6 nitrogen and oxygen atoms in total. The minimum Gasteiger partial charge on any atom is -0.319 e. The molecule has 0 saturated heterocycles. The molecule has 29 heavy (non-hydrogen) atoms. The van der Waals surface area contributed by atoms with E-state index in [2.05, 4.69) is 15.4 Å². The number of imidazole rings is 1. The highest BCUT2D eigenvalue weighted by Crippen LogP contribution is 2.24. The number of nitrogens with zero attached hydrogens (tertiary/aromatic N) is 4. The number of thioether (sulfide) groups is 1. The first-order valence-electron chi connectivity index (χ1n) is 9.19. The molecule has 7 heteroatoms. The van der Waals surface area contributed by atoms with Crippen LogP contribution in [0.25, 0.3) is 11.4 Å². The lowest BCUT2D eigenvalue weighted by Gasteiger charge is -2.10. The van der Waals surface area contributed by atoms with E-state index in [0.29, 0.717) is 5.56 Å². The maximum atomic E-state index is 13.0. The fourth-order valence-corrected chi connectivity index (χ4v) is 3.79. The van der Waals surface area contributed by atoms with Crippen LogP contribution in [0.1, 0.15) is 21.7 Å². The molecule has 0 radical (unpaired) electrons. The van der Waals surface area contributed by atoms with Crippen molar-refractivity contribution in [2.45, 2.75) is 19.0 Å². The zero-order valence-electron chi connectivity index (χ0n) is 16.5. The number of carbonyl (C=O) groups is 1. The lowest BCUT2D eigenvalue weighted by atomic mass is 10.1. The number of anilines is 1. The third-order valence-corrected chi connectivity index (χ3v) is 5.37. The van der Waals surface area contributed by atoms with E-state index < -0.39 is 0 Å². The highest BCUT2D eigenvalue weighted by molar-refractivity contribution is 7.98. The first-order valence-corrected chi connectivity index (χ1v) is 10.4. The molecule has 0 aliphatic carbocycles. The average molecular weight is 404 g/mol. The Morgan fingerprint density at radius 3 is 2.55 bits per heavy atom. The number of para-hydroxylation sites is 1. The summed E-state index contributed by atoms with van der Waals surface area (Å²) in [5.74, 6) is -0.170. The minimum atomic E-state index is -0.170. The van der Waals surface area contributed by atoms with Gasteiger partial charge in [-0.1, -0.05) is 36.0 Å². The summed E-state index contributed by atoms with van der Waals surface area (Å²) < 4.78 is 3.81. The van der Waals surface area contributed by atoms with Crippen LogP contribution >= 0.6 is 11.8 Å². The van der Waals surface area contributed by atoms with Gasteiger partial charge in [0.2, 0.25) is 0 Å². The van der Waals surface area contributed by atoms with E-state index in [-0.39, 0.29) is 5.91 Å². The van der Waals surface area contributed by atoms with Crippen LogP contribution in [0.5, 0.6) is 0 Å². The topological polar surface area (TPSA) is 64.7 Å². The molecule has 2 aromatic carbocycles. The van der Waals surface area contributed by atoms with Crippen LogP contribution in [0, 0.1) is 13.8 Å². The molecule has 0 aliphatic rings. The smallest absolute Gasteiger partial charge is 0.255 e. The van der Waals surface area contributed by atoms with Gasteiger partial charge in [-0.25, -0.2) is 9.67 Å². The number of aromatic nitrogens is 4. The maximum Gasteiger partial charge on any atom is 0.255 e. The van der Waals surface area contributed by atoms with Crippen LogP contribution in [0.4, 0.5) is 5.69 Å². The van der Waals surface area contributed by atoms with E-state index in [4.69, 9.17) is 0 Å². The summed E-state index contributed by atoms with van der Waals surface area (Å²) in [5, 5.41) is 8.50. The first-order chi connectivity index (χ1) is 14.1. The summed E-state index contributed by atoms with van der Waals surface area (Å²) in [6.07, 6.45) is 5.62. The summed E-state index contributed by atoms with van der Waals surface area (Å²) in [6.45, 7) is 3.85. The number of amides is 1. The van der Waals surface area contributed by atoms with Gasteiger partial charge in [-0.3, -0.25) is 9.36 Å². The molecule has 4 aromatic rings. The predicted octanol–water partition coefficient (Wildman–Crippen LogP) is 4.65. The number of nitrogens with one attached hydrogen (secondary N) is 1. The number of benzene rings is 2. The molecule has 0 unspecified atom stereocenters. The van der Waals surface area contributed by atoms with E-state index in [0.717, 1.165) is 33.6 Å². The Balaban J connectivity index is 1.63. The van der Waals surface area contributed by atoms with E-state index in [1.165, 1.54) is 0 Å². The predicted molar refractivity (Wildman–Crippen MR) is 116 cm³/mol. The Morgan fingerprint density at radius 1 is 1.03 bits per heavy atom. The monoisotopic (exact) mass is 403 g/mol. The lowest BCUT2D eigenvalue weighted by Crippen LogP contribution is -2.13. The van der Waals surface area contributed by atoms with Gasteiger partial charge in [0.1, 0.15) is 0 Å². The van der Waals surface area contributed by atoms with Crippen molar-refractivity contribution < 1.29 is 4.79 Å². The summed E-state index contributed by atoms with van der Waals surface area (Å²) >= 11 is 1.56. The lowest BCUT2D eigenvalue weighted by molar-refractivity contribution is 0.102. The molecular formula is C22H21N5OS. The normalized spacial score (nSPS) is 10.9. The van der Waals surface area contributed by atoms with E-state index in [1.807, 2.05) is 84.1 Å². The minimum absolute atomic E-state index is 0.170. The summed E-state index contributed by atoms with van der Waals surface area (Å²) in [7, 11) is 0. The van der Waals surface area contributed by atoms with Crippen molar-refractivity contribution in [3.8, 4) is 11.4 Å². The molecule has 4 rings (SSSR count). The zero-order valence-corrected chi connectivity index (χ0v) is 17.3. The van der Waals surface area contributed by atoms with Gasteiger partial charge in [0.15, 0.2) is 5.16 Å². The molecule has 0 bridgehead atoms. The number of hydrogen-bond donors (Lipinski definition) is 1. The molecule has 1 amide bonds. The van der Waals surface area contributed by atoms with Crippen molar-refractivity contribution >= 4 is 23.4 Å². The third-order valence-electron chi connectivity index (χ3n) is 4.71. The van der Waals surface area contributed by atoms with Gasteiger partial charge in [-0.2, -0.15) is 5.10 Å². The molecule has 0 spiro atoms. The number of hydrogen-bond acceptors (Lipinski definition) is 4. The van der Waals surface area contributed by atoms with Gasteiger partial charge in [-0.05, 0) is 50.4 Å². The van der Waals surface area contributed by atoms with Gasteiger partial charge in [0, 0.05) is 23.6 Å². The second kappa shape index (κ2) is 7.97. The van der Waals surface area contributed by atoms with Crippen molar-refractivity contribution in [2.75, 3.05) is 11.6 Å². The number of carbonyl (C=O) groups excluding carboxylic acids is 1. The first kappa shape index (κ1) is 19.0. The third kappa shape index (κ3) is 3.69. The van der Waals surface area contributed by atoms with E-state index in [1.54, 1.807) is 24.0 Å². The second-order valence-corrected chi connectivity index (χ2v) is 7.35. The number of rotatable bonds is 5. The van der Waals surface area contributed by atoms with E-state index in [9.17, 15) is 4.79 Å². The summed E-state index contributed by atoms with van der Waals surface area (Å²) in [6, 6.07) is 17.4. The van der Waals surface area contributed by atoms with Gasteiger partial charge >= 0.3 is 0 Å². The maximum absolute atomic E-state index is 13.0. The highest BCUT2D eigenvalue weighted by Gasteiger charge is 2.17. The van der Waals surface area contributed by atoms with Gasteiger partial charge in [0.05, 0.1) is 22.8 Å². The van der Waals surface area contributed by atoms with Gasteiger partial charge < -0.3 is 5.32 Å². The zero-order chi connectivity index (χ0) is 20.4. The van der Waals surface area contributed by atoms with Crippen molar-refractivity contribution in [1.82, 2.24) is 19.3 Å². The standard InChI is InChI=1S/C22H21N5OS/c1-15-20(16(2)27(25-15)18-9-5-4-6-10-18)24-21(28)17-8-7-11-19(14-17)26-13-12-23-22(26)29-3/h4-14H,1-3H3,(H,24,28). The largest absolute Gasteiger partial charge is 0.319 e. The highest BCUT2D eigenvalue weighted by atomic mass is 32.2. The van der Waals surface area contributed by atoms with Crippen LogP contribution in [-0.4, -0.2) is 31.5 Å². The van der Waals surface area contributed by atoms with Gasteiger partial charge in [0.25, 0.3) is 5.91 Å². The molecule has 0 aliphatic heterocycles. The summed E-state index contributed by atoms with van der Waals surface area (Å²) in [5.41, 5.74) is 4.83. The Kier molecular flexibility index (Phi) is 5.22. The quantitative estimate of drug-likeness (QED) is 0.493. The van der Waals surface area contributed by atoms with Crippen LogP contribution in [0.15, 0.2) is 72.1 Å². The van der Waals surface area contributed by atoms with E-state index >= 15 is 0 Å². The average Bonchev–Trinajstić information content (AvgIpc) is 3.34. The molecule has 1 N–H and O–H groups in total. The fourth-order valence-electron chi connectivity index (χ4n) is 3.26. The molecule has 2 heterocycles. The molecule has 0 saturated carbocycles. The van der Waals surface area contributed by atoms with Crippen LogP contribution < -0.4 is 5.32 Å². The van der Waals surface area contributed by atoms with Crippen LogP contribution in [0.3, 0.4) is 0 Å². The van der Waals surface area contributed by atoms with Crippen molar-refractivity contribution in [3.05, 3.63) is 83.9 Å². The summed E-state index contributed by atoms with van der Waals surface area (Å²) in [4.78, 5) is 17.3. The Labute approximate surface area is 173 Å². The van der Waals surface area contributed by atoms with Crippen LogP contribution in [0.2, 0.25) is 0 Å². The SMILES string of the molecule is CSc1nccn1-c1cccc(C(=O)Nc2c(C)nn(-c3ccccc3)c2C)c1. The molecular weight excluding hydrogens is 382 g/mol. The number of aryl methyl sites for hydroxylation is 1. The second-order valence-electron chi connectivity index (χ2n) is 6.58. The molecule has 0 fully saturated rings. The Bertz CT molecular complexity index is 1160. The molecule has 0 atom stereocenters.